The minimum atomic E-state index is -3.81. The van der Waals surface area contributed by atoms with Gasteiger partial charge in [-0.3, -0.25) is 19.8 Å². The molecule has 0 aliphatic heterocycles. The summed E-state index contributed by atoms with van der Waals surface area (Å²) in [7, 11) is -3.81. The highest BCUT2D eigenvalue weighted by molar-refractivity contribution is 7.92. The van der Waals surface area contributed by atoms with Crippen molar-refractivity contribution < 1.29 is 13.2 Å². The maximum Gasteiger partial charge on any atom is 0.278 e. The lowest BCUT2D eigenvalue weighted by atomic mass is 9.87. The number of aromatic amines is 1. The molecule has 2 aromatic heterocycles. The lowest BCUT2D eigenvalue weighted by Crippen LogP contribution is -2.14. The summed E-state index contributed by atoms with van der Waals surface area (Å²) in [6, 6.07) is 11.8. The molecule has 0 aliphatic carbocycles. The van der Waals surface area contributed by atoms with Gasteiger partial charge in [-0.1, -0.05) is 32.9 Å². The van der Waals surface area contributed by atoms with Crippen LogP contribution in [0.3, 0.4) is 0 Å². The molecular weight excluding hydrogens is 428 g/mol. The van der Waals surface area contributed by atoms with Crippen LogP contribution in [0.4, 0.5) is 11.6 Å². The van der Waals surface area contributed by atoms with E-state index in [0.29, 0.717) is 16.7 Å². The predicted molar refractivity (Wildman–Crippen MR) is 122 cm³/mol. The maximum atomic E-state index is 12.9. The molecule has 9 nitrogen and oxygen atoms in total. The van der Waals surface area contributed by atoms with Crippen LogP contribution in [0.25, 0.3) is 11.0 Å². The number of benzene rings is 2. The first-order valence-electron chi connectivity index (χ1n) is 9.82. The number of amides is 1. The molecule has 2 heterocycles. The van der Waals surface area contributed by atoms with Crippen molar-refractivity contribution in [3.05, 3.63) is 72.3 Å². The molecule has 4 rings (SSSR count). The Morgan fingerprint density at radius 2 is 1.78 bits per heavy atom. The second-order valence-corrected chi connectivity index (χ2v) is 9.92. The van der Waals surface area contributed by atoms with Crippen molar-refractivity contribution in [3.8, 4) is 0 Å². The second-order valence-electron chi connectivity index (χ2n) is 8.24. The fourth-order valence-corrected chi connectivity index (χ4v) is 4.14. The topological polar surface area (TPSA) is 130 Å². The number of sulfonamides is 1. The van der Waals surface area contributed by atoms with Gasteiger partial charge in [0.25, 0.3) is 15.9 Å². The number of H-pyrrole nitrogens is 1. The number of hydrogen-bond acceptors (Lipinski definition) is 6. The monoisotopic (exact) mass is 450 g/mol. The average molecular weight is 451 g/mol. The minimum Gasteiger partial charge on any atom is -0.324 e. The van der Waals surface area contributed by atoms with Crippen LogP contribution in [-0.2, 0) is 15.4 Å². The van der Waals surface area contributed by atoms with E-state index in [1.165, 1.54) is 30.7 Å². The van der Waals surface area contributed by atoms with Crippen molar-refractivity contribution in [1.29, 1.82) is 0 Å². The molecule has 32 heavy (non-hydrogen) atoms. The molecule has 0 bridgehead atoms. The summed E-state index contributed by atoms with van der Waals surface area (Å²) in [5.41, 5.74) is 2.66. The van der Waals surface area contributed by atoms with Crippen molar-refractivity contribution >= 4 is 38.6 Å². The van der Waals surface area contributed by atoms with Gasteiger partial charge < -0.3 is 4.98 Å². The van der Waals surface area contributed by atoms with Gasteiger partial charge in [0.2, 0.25) is 5.95 Å². The standard InChI is InChI=1S/C22H22N6O3S/c1-22(2,3)14-4-6-15(7-5-14)28-32(30,31)16-8-9-17-18(12-16)26-21(25-17)27-20(29)19-13-23-10-11-24-19/h4-13,28H,1-3H3,(H2,25,26,27,29). The Labute approximate surface area is 185 Å². The van der Waals surface area contributed by atoms with Crippen molar-refractivity contribution in [2.24, 2.45) is 0 Å². The predicted octanol–water partition coefficient (Wildman–Crippen LogP) is 3.70. The van der Waals surface area contributed by atoms with E-state index in [9.17, 15) is 13.2 Å². The first kappa shape index (κ1) is 21.4. The number of fused-ring (bicyclic) bond motifs is 1. The number of aromatic nitrogens is 4. The van der Waals surface area contributed by atoms with Crippen LogP contribution >= 0.6 is 0 Å². The zero-order valence-electron chi connectivity index (χ0n) is 17.7. The Morgan fingerprint density at radius 1 is 1.03 bits per heavy atom. The molecule has 0 fully saturated rings. The molecule has 0 saturated carbocycles. The molecule has 0 spiro atoms. The zero-order valence-corrected chi connectivity index (χ0v) is 18.6. The smallest absolute Gasteiger partial charge is 0.278 e. The van der Waals surface area contributed by atoms with Crippen LogP contribution in [-0.4, -0.2) is 34.3 Å². The van der Waals surface area contributed by atoms with Crippen LogP contribution in [0.15, 0.2) is 66.0 Å². The van der Waals surface area contributed by atoms with Gasteiger partial charge in [0.15, 0.2) is 0 Å². The molecule has 0 saturated heterocycles. The number of carbonyl (C=O) groups excluding carboxylic acids is 1. The first-order chi connectivity index (χ1) is 15.1. The van der Waals surface area contributed by atoms with Gasteiger partial charge in [0.1, 0.15) is 5.69 Å². The van der Waals surface area contributed by atoms with E-state index in [-0.39, 0.29) is 22.0 Å². The van der Waals surface area contributed by atoms with Crippen LogP contribution < -0.4 is 10.0 Å². The molecule has 164 valence electrons. The summed E-state index contributed by atoms with van der Waals surface area (Å²) >= 11 is 0. The first-order valence-corrected chi connectivity index (χ1v) is 11.3. The molecule has 10 heteroatoms. The van der Waals surface area contributed by atoms with E-state index in [4.69, 9.17) is 0 Å². The molecule has 3 N–H and O–H groups in total. The zero-order chi connectivity index (χ0) is 22.9. The molecule has 0 atom stereocenters. The van der Waals surface area contributed by atoms with E-state index in [2.05, 4.69) is 50.7 Å². The maximum absolute atomic E-state index is 12.9. The van der Waals surface area contributed by atoms with E-state index in [1.54, 1.807) is 18.2 Å². The van der Waals surface area contributed by atoms with Crippen LogP contribution in [0, 0.1) is 0 Å². The molecule has 2 aromatic carbocycles. The number of carbonyl (C=O) groups is 1. The summed E-state index contributed by atoms with van der Waals surface area (Å²) < 4.78 is 28.3. The third-order valence-electron chi connectivity index (χ3n) is 4.79. The van der Waals surface area contributed by atoms with Crippen molar-refractivity contribution in [2.75, 3.05) is 10.0 Å². The number of anilines is 2. The van der Waals surface area contributed by atoms with Crippen molar-refractivity contribution in [1.82, 2.24) is 19.9 Å². The molecule has 4 aromatic rings. The summed E-state index contributed by atoms with van der Waals surface area (Å²) in [4.78, 5) is 27.3. The highest BCUT2D eigenvalue weighted by Crippen LogP contribution is 2.25. The van der Waals surface area contributed by atoms with Gasteiger partial charge in [0, 0.05) is 18.1 Å². The van der Waals surface area contributed by atoms with Crippen LogP contribution in [0.1, 0.15) is 36.8 Å². The highest BCUT2D eigenvalue weighted by Gasteiger charge is 2.18. The summed E-state index contributed by atoms with van der Waals surface area (Å²) in [5, 5.41) is 2.59. The SMILES string of the molecule is CC(C)(C)c1ccc(NS(=O)(=O)c2ccc3nc(NC(=O)c4cnccn4)[nH]c3c2)cc1. The number of hydrogen-bond donors (Lipinski definition) is 3. The van der Waals surface area contributed by atoms with E-state index in [0.717, 1.165) is 5.56 Å². The van der Waals surface area contributed by atoms with Gasteiger partial charge in [-0.15, -0.1) is 0 Å². The Hall–Kier alpha value is -3.79. The number of nitrogens with zero attached hydrogens (tertiary/aromatic N) is 3. The second kappa shape index (κ2) is 8.04. The quantitative estimate of drug-likeness (QED) is 0.425. The third kappa shape index (κ3) is 4.59. The Morgan fingerprint density at radius 3 is 2.44 bits per heavy atom. The van der Waals surface area contributed by atoms with Gasteiger partial charge in [-0.05, 0) is 41.3 Å². The average Bonchev–Trinajstić information content (AvgIpc) is 3.15. The number of imidazole rings is 1. The Bertz CT molecular complexity index is 1370. The van der Waals surface area contributed by atoms with Gasteiger partial charge in [-0.2, -0.15) is 0 Å². The van der Waals surface area contributed by atoms with Crippen molar-refractivity contribution in [3.63, 3.8) is 0 Å². The molecular formula is C22H22N6O3S. The lowest BCUT2D eigenvalue weighted by Gasteiger charge is -2.19. The van der Waals surface area contributed by atoms with Gasteiger partial charge >= 0.3 is 0 Å². The highest BCUT2D eigenvalue weighted by atomic mass is 32.2. The normalized spacial score (nSPS) is 12.0. The molecule has 1 amide bonds. The lowest BCUT2D eigenvalue weighted by molar-refractivity contribution is 0.102. The molecule has 0 aliphatic rings. The fraction of sp³-hybridized carbons (Fsp3) is 0.182. The Kier molecular flexibility index (Phi) is 5.39. The van der Waals surface area contributed by atoms with Crippen molar-refractivity contribution in [2.45, 2.75) is 31.1 Å². The molecule has 0 unspecified atom stereocenters. The summed E-state index contributed by atoms with van der Waals surface area (Å²) in [6.07, 6.45) is 4.21. The van der Waals surface area contributed by atoms with Crippen LogP contribution in [0.5, 0.6) is 0 Å². The fourth-order valence-electron chi connectivity index (χ4n) is 3.06. The summed E-state index contributed by atoms with van der Waals surface area (Å²) in [5.74, 6) is -0.304. The van der Waals surface area contributed by atoms with Gasteiger partial charge in [0.05, 0.1) is 22.1 Å². The largest absolute Gasteiger partial charge is 0.324 e. The van der Waals surface area contributed by atoms with Crippen LogP contribution in [0.2, 0.25) is 0 Å². The number of nitrogens with one attached hydrogen (secondary N) is 3. The summed E-state index contributed by atoms with van der Waals surface area (Å²) in [6.45, 7) is 6.28. The van der Waals surface area contributed by atoms with E-state index < -0.39 is 15.9 Å². The minimum absolute atomic E-state index is 0.0245. The van der Waals surface area contributed by atoms with Gasteiger partial charge in [-0.25, -0.2) is 18.4 Å². The van der Waals surface area contributed by atoms with E-state index >= 15 is 0 Å². The number of rotatable bonds is 5. The molecule has 0 radical (unpaired) electrons. The Balaban J connectivity index is 1.54. The van der Waals surface area contributed by atoms with E-state index in [1.807, 2.05) is 12.1 Å². The third-order valence-corrected chi connectivity index (χ3v) is 6.17.